The highest BCUT2D eigenvalue weighted by molar-refractivity contribution is 7.89. The normalized spacial score (nSPS) is 12.2. The molecule has 1 aromatic rings. The second kappa shape index (κ2) is 5.05. The van der Waals surface area contributed by atoms with Gasteiger partial charge in [-0.1, -0.05) is 12.1 Å². The van der Waals surface area contributed by atoms with Crippen LogP contribution in [0.1, 0.15) is 13.8 Å². The van der Waals surface area contributed by atoms with Crippen molar-refractivity contribution in [2.24, 2.45) is 5.73 Å². The van der Waals surface area contributed by atoms with Gasteiger partial charge in [0.25, 0.3) is 0 Å². The third-order valence-corrected chi connectivity index (χ3v) is 3.75. The van der Waals surface area contributed by atoms with E-state index in [-0.39, 0.29) is 10.6 Å². The molecule has 1 rings (SSSR count). The maximum absolute atomic E-state index is 11.8. The van der Waals surface area contributed by atoms with E-state index < -0.39 is 21.5 Å². The van der Waals surface area contributed by atoms with E-state index in [0.717, 1.165) is 0 Å². The van der Waals surface area contributed by atoms with E-state index in [1.54, 1.807) is 12.1 Å². The second-order valence-corrected chi connectivity index (χ2v) is 6.23. The molecule has 0 bridgehead atoms. The number of sulfonamides is 1. The van der Waals surface area contributed by atoms with Gasteiger partial charge in [-0.3, -0.25) is 4.79 Å². The van der Waals surface area contributed by atoms with Crippen molar-refractivity contribution < 1.29 is 13.2 Å². The topological polar surface area (TPSA) is 101 Å². The summed E-state index contributed by atoms with van der Waals surface area (Å²) in [5.74, 6) is -0.457. The minimum Gasteiger partial charge on any atom is -0.323 e. The van der Waals surface area contributed by atoms with Gasteiger partial charge in [0, 0.05) is 0 Å². The van der Waals surface area contributed by atoms with Crippen molar-refractivity contribution in [1.29, 1.82) is 0 Å². The summed E-state index contributed by atoms with van der Waals surface area (Å²) in [5.41, 5.74) is 4.76. The lowest BCUT2D eigenvalue weighted by Crippen LogP contribution is -2.45. The molecule has 18 heavy (non-hydrogen) atoms. The number of rotatable bonds is 4. The van der Waals surface area contributed by atoms with Gasteiger partial charge in [0.05, 0.1) is 11.2 Å². The first-order valence-corrected chi connectivity index (χ1v) is 6.79. The average molecular weight is 271 g/mol. The monoisotopic (exact) mass is 271 g/mol. The molecule has 0 spiro atoms. The van der Waals surface area contributed by atoms with E-state index in [2.05, 4.69) is 10.0 Å². The average Bonchev–Trinajstić information content (AvgIpc) is 2.28. The third kappa shape index (κ3) is 3.28. The molecule has 0 saturated heterocycles. The summed E-state index contributed by atoms with van der Waals surface area (Å²) < 4.78 is 25.7. The van der Waals surface area contributed by atoms with Crippen molar-refractivity contribution in [1.82, 2.24) is 4.72 Å². The molecule has 7 heteroatoms. The summed E-state index contributed by atoms with van der Waals surface area (Å²) in [6.07, 6.45) is 0. The van der Waals surface area contributed by atoms with Crippen LogP contribution in [0.2, 0.25) is 0 Å². The largest absolute Gasteiger partial charge is 0.323 e. The highest BCUT2D eigenvalue weighted by Gasteiger charge is 2.24. The summed E-state index contributed by atoms with van der Waals surface area (Å²) in [7, 11) is -2.32. The van der Waals surface area contributed by atoms with Gasteiger partial charge >= 0.3 is 0 Å². The maximum atomic E-state index is 11.8. The molecular formula is C11H17N3O3S. The van der Waals surface area contributed by atoms with Gasteiger partial charge in [0.15, 0.2) is 0 Å². The van der Waals surface area contributed by atoms with Gasteiger partial charge in [0.2, 0.25) is 15.9 Å². The molecule has 0 saturated carbocycles. The van der Waals surface area contributed by atoms with Crippen LogP contribution in [-0.4, -0.2) is 26.9 Å². The Kier molecular flexibility index (Phi) is 4.10. The number of benzene rings is 1. The molecule has 0 unspecified atom stereocenters. The first-order chi connectivity index (χ1) is 8.18. The molecule has 100 valence electrons. The zero-order valence-corrected chi connectivity index (χ0v) is 11.3. The van der Waals surface area contributed by atoms with Crippen molar-refractivity contribution in [3.8, 4) is 0 Å². The predicted octanol–water partition coefficient (Wildman–Crippen LogP) is 0.271. The zero-order valence-electron chi connectivity index (χ0n) is 10.5. The number of hydrogen-bond acceptors (Lipinski definition) is 4. The van der Waals surface area contributed by atoms with E-state index in [1.165, 1.54) is 33.0 Å². The molecule has 1 amide bonds. The van der Waals surface area contributed by atoms with Gasteiger partial charge in [-0.25, -0.2) is 13.1 Å². The van der Waals surface area contributed by atoms with Crippen molar-refractivity contribution in [3.05, 3.63) is 24.3 Å². The summed E-state index contributed by atoms with van der Waals surface area (Å²) in [6, 6.07) is 6.13. The van der Waals surface area contributed by atoms with Crippen LogP contribution in [0.5, 0.6) is 0 Å². The molecule has 0 aromatic heterocycles. The predicted molar refractivity (Wildman–Crippen MR) is 69.6 cm³/mol. The maximum Gasteiger partial charge on any atom is 0.243 e. The van der Waals surface area contributed by atoms with Gasteiger partial charge in [-0.2, -0.15) is 0 Å². The fourth-order valence-electron chi connectivity index (χ4n) is 1.20. The van der Waals surface area contributed by atoms with Gasteiger partial charge in [-0.05, 0) is 33.0 Å². The summed E-state index contributed by atoms with van der Waals surface area (Å²) in [6.45, 7) is 3.08. The SMILES string of the molecule is CNS(=O)(=O)c1ccccc1NC(=O)C(C)(C)N. The number of nitrogens with two attached hydrogens (primary N) is 1. The molecule has 0 radical (unpaired) electrons. The highest BCUT2D eigenvalue weighted by atomic mass is 32.2. The van der Waals surface area contributed by atoms with Crippen molar-refractivity contribution in [3.63, 3.8) is 0 Å². The van der Waals surface area contributed by atoms with Gasteiger partial charge in [0.1, 0.15) is 4.90 Å². The van der Waals surface area contributed by atoms with E-state index >= 15 is 0 Å². The molecule has 6 nitrogen and oxygen atoms in total. The van der Waals surface area contributed by atoms with Crippen molar-refractivity contribution in [2.45, 2.75) is 24.3 Å². The Morgan fingerprint density at radius 1 is 1.28 bits per heavy atom. The summed E-state index contributed by atoms with van der Waals surface area (Å²) in [4.78, 5) is 11.8. The van der Waals surface area contributed by atoms with Crippen LogP contribution in [0.4, 0.5) is 5.69 Å². The zero-order chi connectivity index (χ0) is 14.0. The van der Waals surface area contributed by atoms with E-state index in [0.29, 0.717) is 0 Å². The number of nitrogens with one attached hydrogen (secondary N) is 2. The standard InChI is InChI=1S/C11H17N3O3S/c1-11(2,12)10(15)14-8-6-4-5-7-9(8)18(16,17)13-3/h4-7,13H,12H2,1-3H3,(H,14,15). The number of anilines is 1. The third-order valence-electron chi connectivity index (χ3n) is 2.28. The number of hydrogen-bond donors (Lipinski definition) is 3. The van der Waals surface area contributed by atoms with E-state index in [9.17, 15) is 13.2 Å². The molecule has 1 aromatic carbocycles. The Morgan fingerprint density at radius 2 is 1.83 bits per heavy atom. The van der Waals surface area contributed by atoms with Gasteiger partial charge in [-0.15, -0.1) is 0 Å². The second-order valence-electron chi connectivity index (χ2n) is 4.38. The van der Waals surface area contributed by atoms with Crippen LogP contribution >= 0.6 is 0 Å². The first kappa shape index (κ1) is 14.6. The number of carbonyl (C=O) groups excluding carboxylic acids is 1. The van der Waals surface area contributed by atoms with Crippen LogP contribution in [-0.2, 0) is 14.8 Å². The molecule has 0 atom stereocenters. The Morgan fingerprint density at radius 3 is 2.33 bits per heavy atom. The number of carbonyl (C=O) groups is 1. The molecule has 0 aliphatic rings. The minimum absolute atomic E-state index is 0.00472. The van der Waals surface area contributed by atoms with Crippen LogP contribution in [0.3, 0.4) is 0 Å². The first-order valence-electron chi connectivity index (χ1n) is 5.31. The highest BCUT2D eigenvalue weighted by Crippen LogP contribution is 2.21. The van der Waals surface area contributed by atoms with Crippen LogP contribution in [0.15, 0.2) is 29.2 Å². The smallest absolute Gasteiger partial charge is 0.243 e. The van der Waals surface area contributed by atoms with E-state index in [4.69, 9.17) is 5.73 Å². The molecular weight excluding hydrogens is 254 g/mol. The Bertz CT molecular complexity index is 547. The molecule has 0 aliphatic heterocycles. The number of para-hydroxylation sites is 1. The molecule has 0 aliphatic carbocycles. The van der Waals surface area contributed by atoms with Crippen LogP contribution in [0.25, 0.3) is 0 Å². The Labute approximate surface area is 107 Å². The molecule has 4 N–H and O–H groups in total. The Balaban J connectivity index is 3.16. The lowest BCUT2D eigenvalue weighted by molar-refractivity contribution is -0.120. The van der Waals surface area contributed by atoms with Crippen molar-refractivity contribution >= 4 is 21.6 Å². The fourth-order valence-corrected chi connectivity index (χ4v) is 2.08. The van der Waals surface area contributed by atoms with E-state index in [1.807, 2.05) is 0 Å². The quantitative estimate of drug-likeness (QED) is 0.731. The lowest BCUT2D eigenvalue weighted by atomic mass is 10.1. The number of amides is 1. The van der Waals surface area contributed by atoms with Crippen LogP contribution < -0.4 is 15.8 Å². The molecule has 0 fully saturated rings. The summed E-state index contributed by atoms with van der Waals surface area (Å²) in [5, 5.41) is 2.51. The molecule has 0 heterocycles. The minimum atomic E-state index is -3.63. The van der Waals surface area contributed by atoms with Gasteiger partial charge < -0.3 is 11.1 Å². The Hall–Kier alpha value is -1.44. The summed E-state index contributed by atoms with van der Waals surface area (Å²) >= 11 is 0. The fraction of sp³-hybridized carbons (Fsp3) is 0.364. The van der Waals surface area contributed by atoms with Crippen LogP contribution in [0, 0.1) is 0 Å². The van der Waals surface area contributed by atoms with Crippen molar-refractivity contribution in [2.75, 3.05) is 12.4 Å². The lowest BCUT2D eigenvalue weighted by Gasteiger charge is -2.19.